The smallest absolute Gasteiger partial charge is 0.00428 e. The minimum absolute atomic E-state index is 0.706. The standard InChI is InChI=1S/C11H16S/c1-3-9(4-2)10-6-5-7-11(12)8-10/h5-9,12H,3-4H2,1-2H3. The zero-order chi connectivity index (χ0) is 8.97. The summed E-state index contributed by atoms with van der Waals surface area (Å²) in [5, 5.41) is 0. The molecule has 0 aliphatic rings. The minimum atomic E-state index is 0.706. The van der Waals surface area contributed by atoms with Gasteiger partial charge in [-0.25, -0.2) is 0 Å². The van der Waals surface area contributed by atoms with E-state index < -0.39 is 0 Å². The first-order valence-corrected chi connectivity index (χ1v) is 5.01. The van der Waals surface area contributed by atoms with Crippen molar-refractivity contribution in [2.45, 2.75) is 37.5 Å². The molecular weight excluding hydrogens is 164 g/mol. The van der Waals surface area contributed by atoms with Crippen molar-refractivity contribution < 1.29 is 0 Å². The maximum absolute atomic E-state index is 4.33. The van der Waals surface area contributed by atoms with E-state index in [0.29, 0.717) is 5.92 Å². The highest BCUT2D eigenvalue weighted by Crippen LogP contribution is 2.24. The molecule has 1 heteroatoms. The third-order valence-electron chi connectivity index (χ3n) is 2.33. The fraction of sp³-hybridized carbons (Fsp3) is 0.455. The van der Waals surface area contributed by atoms with Gasteiger partial charge in [0, 0.05) is 4.90 Å². The van der Waals surface area contributed by atoms with Gasteiger partial charge in [-0.1, -0.05) is 26.0 Å². The van der Waals surface area contributed by atoms with Crippen LogP contribution >= 0.6 is 12.6 Å². The lowest BCUT2D eigenvalue weighted by molar-refractivity contribution is 0.640. The van der Waals surface area contributed by atoms with Gasteiger partial charge >= 0.3 is 0 Å². The highest BCUT2D eigenvalue weighted by molar-refractivity contribution is 7.80. The van der Waals surface area contributed by atoms with Gasteiger partial charge in [0.25, 0.3) is 0 Å². The number of hydrogen-bond donors (Lipinski definition) is 1. The fourth-order valence-electron chi connectivity index (χ4n) is 1.54. The van der Waals surface area contributed by atoms with E-state index >= 15 is 0 Å². The molecule has 0 bridgehead atoms. The molecule has 12 heavy (non-hydrogen) atoms. The summed E-state index contributed by atoms with van der Waals surface area (Å²) in [5.41, 5.74) is 1.42. The number of hydrogen-bond acceptors (Lipinski definition) is 1. The second-order valence-corrected chi connectivity index (χ2v) is 3.62. The Morgan fingerprint density at radius 2 is 1.92 bits per heavy atom. The van der Waals surface area contributed by atoms with Gasteiger partial charge < -0.3 is 0 Å². The first-order chi connectivity index (χ1) is 5.77. The lowest BCUT2D eigenvalue weighted by Crippen LogP contribution is -1.94. The fourth-order valence-corrected chi connectivity index (χ4v) is 1.77. The van der Waals surface area contributed by atoms with Crippen molar-refractivity contribution in [1.29, 1.82) is 0 Å². The summed E-state index contributed by atoms with van der Waals surface area (Å²) in [7, 11) is 0. The van der Waals surface area contributed by atoms with E-state index in [1.807, 2.05) is 6.07 Å². The summed E-state index contributed by atoms with van der Waals surface area (Å²) in [4.78, 5) is 1.07. The summed E-state index contributed by atoms with van der Waals surface area (Å²) >= 11 is 4.33. The molecule has 0 aliphatic carbocycles. The van der Waals surface area contributed by atoms with Crippen LogP contribution in [-0.2, 0) is 0 Å². The van der Waals surface area contributed by atoms with Gasteiger partial charge in [0.2, 0.25) is 0 Å². The van der Waals surface area contributed by atoms with Crippen LogP contribution in [-0.4, -0.2) is 0 Å². The van der Waals surface area contributed by atoms with Gasteiger partial charge in [0.15, 0.2) is 0 Å². The van der Waals surface area contributed by atoms with E-state index in [-0.39, 0.29) is 0 Å². The number of benzene rings is 1. The molecule has 0 saturated carbocycles. The van der Waals surface area contributed by atoms with Crippen LogP contribution in [0.5, 0.6) is 0 Å². The van der Waals surface area contributed by atoms with E-state index in [9.17, 15) is 0 Å². The van der Waals surface area contributed by atoms with Gasteiger partial charge in [0.05, 0.1) is 0 Å². The zero-order valence-electron chi connectivity index (χ0n) is 7.75. The van der Waals surface area contributed by atoms with E-state index in [0.717, 1.165) is 4.90 Å². The monoisotopic (exact) mass is 180 g/mol. The Balaban J connectivity index is 2.85. The Morgan fingerprint density at radius 1 is 1.25 bits per heavy atom. The summed E-state index contributed by atoms with van der Waals surface area (Å²) in [6, 6.07) is 8.46. The van der Waals surface area contributed by atoms with Gasteiger partial charge in [-0.15, -0.1) is 12.6 Å². The second kappa shape index (κ2) is 4.56. The molecule has 0 radical (unpaired) electrons. The Morgan fingerprint density at radius 3 is 2.42 bits per heavy atom. The van der Waals surface area contributed by atoms with Crippen LogP contribution in [0.15, 0.2) is 29.2 Å². The van der Waals surface area contributed by atoms with Crippen LogP contribution in [0.2, 0.25) is 0 Å². The van der Waals surface area contributed by atoms with Crippen LogP contribution < -0.4 is 0 Å². The highest BCUT2D eigenvalue weighted by atomic mass is 32.1. The van der Waals surface area contributed by atoms with Crippen molar-refractivity contribution in [1.82, 2.24) is 0 Å². The normalized spacial score (nSPS) is 10.7. The first kappa shape index (κ1) is 9.66. The Labute approximate surface area is 80.4 Å². The molecule has 0 unspecified atom stereocenters. The number of thiol groups is 1. The molecule has 1 rings (SSSR count). The van der Waals surface area contributed by atoms with Crippen molar-refractivity contribution in [3.05, 3.63) is 29.8 Å². The van der Waals surface area contributed by atoms with Crippen molar-refractivity contribution in [2.24, 2.45) is 0 Å². The topological polar surface area (TPSA) is 0 Å². The lowest BCUT2D eigenvalue weighted by Gasteiger charge is -2.12. The van der Waals surface area contributed by atoms with Gasteiger partial charge in [0.1, 0.15) is 0 Å². The third kappa shape index (κ3) is 2.28. The largest absolute Gasteiger partial charge is 0.143 e. The molecule has 0 fully saturated rings. The van der Waals surface area contributed by atoms with Crippen molar-refractivity contribution >= 4 is 12.6 Å². The van der Waals surface area contributed by atoms with E-state index in [1.165, 1.54) is 18.4 Å². The van der Waals surface area contributed by atoms with E-state index in [1.54, 1.807) is 0 Å². The van der Waals surface area contributed by atoms with Crippen molar-refractivity contribution in [3.8, 4) is 0 Å². The molecule has 0 aromatic heterocycles. The molecular formula is C11H16S. The molecule has 66 valence electrons. The van der Waals surface area contributed by atoms with Crippen LogP contribution in [0.1, 0.15) is 38.2 Å². The average Bonchev–Trinajstić information content (AvgIpc) is 2.07. The molecule has 1 aromatic carbocycles. The predicted molar refractivity (Wildman–Crippen MR) is 57.0 cm³/mol. The Hall–Kier alpha value is -0.430. The van der Waals surface area contributed by atoms with Crippen molar-refractivity contribution in [3.63, 3.8) is 0 Å². The summed E-state index contributed by atoms with van der Waals surface area (Å²) < 4.78 is 0. The maximum Gasteiger partial charge on any atom is 0.00428 e. The van der Waals surface area contributed by atoms with Crippen LogP contribution in [0.25, 0.3) is 0 Å². The molecule has 0 heterocycles. The summed E-state index contributed by atoms with van der Waals surface area (Å²) in [6.07, 6.45) is 2.43. The molecule has 0 nitrogen and oxygen atoms in total. The minimum Gasteiger partial charge on any atom is -0.143 e. The van der Waals surface area contributed by atoms with Crippen molar-refractivity contribution in [2.75, 3.05) is 0 Å². The SMILES string of the molecule is CCC(CC)c1cccc(S)c1. The third-order valence-corrected chi connectivity index (χ3v) is 2.61. The molecule has 0 atom stereocenters. The molecule has 0 N–H and O–H groups in total. The summed E-state index contributed by atoms with van der Waals surface area (Å²) in [6.45, 7) is 4.47. The molecule has 1 aromatic rings. The van der Waals surface area contributed by atoms with Crippen LogP contribution in [0.3, 0.4) is 0 Å². The van der Waals surface area contributed by atoms with Crippen LogP contribution in [0.4, 0.5) is 0 Å². The predicted octanol–water partition coefficient (Wildman–Crippen LogP) is 3.88. The lowest BCUT2D eigenvalue weighted by atomic mass is 9.94. The number of rotatable bonds is 3. The quantitative estimate of drug-likeness (QED) is 0.670. The average molecular weight is 180 g/mol. The molecule has 0 amide bonds. The van der Waals surface area contributed by atoms with Gasteiger partial charge in [-0.05, 0) is 36.5 Å². The van der Waals surface area contributed by atoms with Gasteiger partial charge in [-0.3, -0.25) is 0 Å². The van der Waals surface area contributed by atoms with E-state index in [2.05, 4.69) is 44.7 Å². The summed E-state index contributed by atoms with van der Waals surface area (Å²) in [5.74, 6) is 0.706. The highest BCUT2D eigenvalue weighted by Gasteiger charge is 2.05. The Bertz CT molecular complexity index is 239. The maximum atomic E-state index is 4.33. The second-order valence-electron chi connectivity index (χ2n) is 3.11. The van der Waals surface area contributed by atoms with E-state index in [4.69, 9.17) is 0 Å². The first-order valence-electron chi connectivity index (χ1n) is 4.56. The van der Waals surface area contributed by atoms with Gasteiger partial charge in [-0.2, -0.15) is 0 Å². The molecule has 0 saturated heterocycles. The molecule has 0 aliphatic heterocycles. The van der Waals surface area contributed by atoms with Crippen LogP contribution in [0, 0.1) is 0 Å². The molecule has 0 spiro atoms. The zero-order valence-corrected chi connectivity index (χ0v) is 8.64. The Kier molecular flexibility index (Phi) is 3.67.